The summed E-state index contributed by atoms with van der Waals surface area (Å²) >= 11 is 0. The van der Waals surface area contributed by atoms with Gasteiger partial charge in [-0.15, -0.1) is 24.0 Å². The maximum Gasteiger partial charge on any atom is 0.191 e. The molecule has 0 saturated heterocycles. The zero-order chi connectivity index (χ0) is 14.8. The van der Waals surface area contributed by atoms with Crippen LogP contribution < -0.4 is 10.6 Å². The van der Waals surface area contributed by atoms with Gasteiger partial charge in [0.25, 0.3) is 0 Å². The van der Waals surface area contributed by atoms with E-state index in [1.54, 1.807) is 12.1 Å². The van der Waals surface area contributed by atoms with Crippen molar-refractivity contribution in [1.29, 1.82) is 0 Å². The van der Waals surface area contributed by atoms with Crippen molar-refractivity contribution in [2.24, 2.45) is 4.99 Å². The van der Waals surface area contributed by atoms with Crippen LogP contribution in [0, 0.1) is 5.82 Å². The first-order chi connectivity index (χ1) is 9.65. The Morgan fingerprint density at radius 1 is 1.33 bits per heavy atom. The molecule has 0 aliphatic heterocycles. The number of hydrogen-bond donors (Lipinski definition) is 2. The van der Waals surface area contributed by atoms with E-state index in [2.05, 4.69) is 36.4 Å². The molecule has 0 aliphatic rings. The van der Waals surface area contributed by atoms with Gasteiger partial charge >= 0.3 is 0 Å². The van der Waals surface area contributed by atoms with Gasteiger partial charge in [-0.05, 0) is 50.8 Å². The Morgan fingerprint density at radius 2 is 2.10 bits per heavy atom. The molecule has 1 rings (SSSR count). The number of aryl methyl sites for hydroxylation is 1. The first-order valence-electron chi connectivity index (χ1n) is 7.45. The molecule has 0 fully saturated rings. The van der Waals surface area contributed by atoms with E-state index in [1.807, 2.05) is 6.07 Å². The van der Waals surface area contributed by atoms with Crippen molar-refractivity contribution in [3.8, 4) is 0 Å². The van der Waals surface area contributed by atoms with E-state index in [0.29, 0.717) is 6.04 Å². The molecule has 120 valence electrons. The van der Waals surface area contributed by atoms with Crippen molar-refractivity contribution in [3.63, 3.8) is 0 Å². The van der Waals surface area contributed by atoms with E-state index in [-0.39, 0.29) is 29.8 Å². The molecule has 1 aromatic rings. The highest BCUT2D eigenvalue weighted by atomic mass is 127. The maximum atomic E-state index is 13.0. The molecule has 5 heteroatoms. The first kappa shape index (κ1) is 20.1. The summed E-state index contributed by atoms with van der Waals surface area (Å²) in [5.74, 6) is 0.693. The molecule has 3 nitrogen and oxygen atoms in total. The van der Waals surface area contributed by atoms with E-state index in [9.17, 15) is 4.39 Å². The van der Waals surface area contributed by atoms with Crippen LogP contribution in [0.3, 0.4) is 0 Å². The van der Waals surface area contributed by atoms with Crippen LogP contribution in [0.15, 0.2) is 29.3 Å². The fraction of sp³-hybridized carbons (Fsp3) is 0.562. The number of rotatable bonds is 7. The van der Waals surface area contributed by atoms with Crippen LogP contribution in [-0.4, -0.2) is 25.1 Å². The van der Waals surface area contributed by atoms with Gasteiger partial charge in [-0.1, -0.05) is 19.1 Å². The SMILES string of the molecule is CCNC(=NCCCc1cccc(F)c1)NC(C)CC.I. The van der Waals surface area contributed by atoms with Crippen LogP contribution in [0.25, 0.3) is 0 Å². The summed E-state index contributed by atoms with van der Waals surface area (Å²) < 4.78 is 13.0. The zero-order valence-electron chi connectivity index (χ0n) is 13.2. The predicted molar refractivity (Wildman–Crippen MR) is 99.0 cm³/mol. The minimum Gasteiger partial charge on any atom is -0.357 e. The largest absolute Gasteiger partial charge is 0.357 e. The summed E-state index contributed by atoms with van der Waals surface area (Å²) in [5, 5.41) is 6.59. The summed E-state index contributed by atoms with van der Waals surface area (Å²) in [6.45, 7) is 7.93. The second-order valence-corrected chi connectivity index (χ2v) is 4.95. The Labute approximate surface area is 144 Å². The second-order valence-electron chi connectivity index (χ2n) is 4.95. The minimum atomic E-state index is -0.169. The highest BCUT2D eigenvalue weighted by Gasteiger charge is 2.02. The molecule has 0 aromatic heterocycles. The fourth-order valence-corrected chi connectivity index (χ4v) is 1.82. The van der Waals surface area contributed by atoms with Crippen molar-refractivity contribution >= 4 is 29.9 Å². The number of halogens is 2. The lowest BCUT2D eigenvalue weighted by molar-refractivity contribution is 0.621. The normalized spacial score (nSPS) is 12.5. The van der Waals surface area contributed by atoms with E-state index in [4.69, 9.17) is 0 Å². The third-order valence-electron chi connectivity index (χ3n) is 3.12. The van der Waals surface area contributed by atoms with Crippen LogP contribution in [0.2, 0.25) is 0 Å². The number of nitrogens with zero attached hydrogens (tertiary/aromatic N) is 1. The molecular formula is C16H27FIN3. The molecule has 0 heterocycles. The average molecular weight is 407 g/mol. The van der Waals surface area contributed by atoms with Crippen LogP contribution in [0.1, 0.15) is 39.2 Å². The molecule has 1 aromatic carbocycles. The van der Waals surface area contributed by atoms with E-state index in [1.165, 1.54) is 6.07 Å². The number of aliphatic imine (C=N–C) groups is 1. The van der Waals surface area contributed by atoms with E-state index >= 15 is 0 Å². The number of benzene rings is 1. The van der Waals surface area contributed by atoms with Gasteiger partial charge in [-0.3, -0.25) is 4.99 Å². The molecule has 21 heavy (non-hydrogen) atoms. The van der Waals surface area contributed by atoms with Crippen molar-refractivity contribution in [1.82, 2.24) is 10.6 Å². The third-order valence-corrected chi connectivity index (χ3v) is 3.12. The smallest absolute Gasteiger partial charge is 0.191 e. The molecule has 0 saturated carbocycles. The lowest BCUT2D eigenvalue weighted by atomic mass is 10.1. The Kier molecular flexibility index (Phi) is 11.3. The van der Waals surface area contributed by atoms with Crippen molar-refractivity contribution in [2.75, 3.05) is 13.1 Å². The third kappa shape index (κ3) is 8.90. The summed E-state index contributed by atoms with van der Waals surface area (Å²) in [7, 11) is 0. The Morgan fingerprint density at radius 3 is 2.71 bits per heavy atom. The number of nitrogens with one attached hydrogen (secondary N) is 2. The van der Waals surface area contributed by atoms with Crippen molar-refractivity contribution < 1.29 is 4.39 Å². The number of guanidine groups is 1. The van der Waals surface area contributed by atoms with Crippen LogP contribution in [0.4, 0.5) is 4.39 Å². The molecule has 1 unspecified atom stereocenters. The molecule has 0 aliphatic carbocycles. The molecule has 0 bridgehead atoms. The number of hydrogen-bond acceptors (Lipinski definition) is 1. The van der Waals surface area contributed by atoms with Gasteiger partial charge in [0.2, 0.25) is 0 Å². The second kappa shape index (κ2) is 11.8. The van der Waals surface area contributed by atoms with Gasteiger partial charge in [0.05, 0.1) is 0 Å². The molecule has 0 spiro atoms. The summed E-state index contributed by atoms with van der Waals surface area (Å²) in [4.78, 5) is 4.54. The van der Waals surface area contributed by atoms with Gasteiger partial charge in [0, 0.05) is 19.1 Å². The lowest BCUT2D eigenvalue weighted by Gasteiger charge is -2.16. The fourth-order valence-electron chi connectivity index (χ4n) is 1.82. The Hall–Kier alpha value is -0.850. The van der Waals surface area contributed by atoms with Crippen molar-refractivity contribution in [3.05, 3.63) is 35.6 Å². The van der Waals surface area contributed by atoms with Crippen LogP contribution in [0.5, 0.6) is 0 Å². The lowest BCUT2D eigenvalue weighted by Crippen LogP contribution is -2.42. The maximum absolute atomic E-state index is 13.0. The van der Waals surface area contributed by atoms with Crippen LogP contribution >= 0.6 is 24.0 Å². The van der Waals surface area contributed by atoms with Gasteiger partial charge in [-0.25, -0.2) is 4.39 Å². The molecule has 0 radical (unpaired) electrons. The van der Waals surface area contributed by atoms with E-state index < -0.39 is 0 Å². The van der Waals surface area contributed by atoms with Gasteiger partial charge in [0.1, 0.15) is 5.82 Å². The van der Waals surface area contributed by atoms with E-state index in [0.717, 1.165) is 43.9 Å². The topological polar surface area (TPSA) is 36.4 Å². The summed E-state index contributed by atoms with van der Waals surface area (Å²) in [6.07, 6.45) is 2.83. The first-order valence-corrected chi connectivity index (χ1v) is 7.45. The van der Waals surface area contributed by atoms with Gasteiger partial charge < -0.3 is 10.6 Å². The highest BCUT2D eigenvalue weighted by molar-refractivity contribution is 14.0. The van der Waals surface area contributed by atoms with Gasteiger partial charge in [0.15, 0.2) is 5.96 Å². The van der Waals surface area contributed by atoms with Crippen LogP contribution in [-0.2, 0) is 6.42 Å². The standard InChI is InChI=1S/C16H26FN3.HI/c1-4-13(3)20-16(18-5-2)19-11-7-9-14-8-6-10-15(17)12-14;/h6,8,10,12-13H,4-5,7,9,11H2,1-3H3,(H2,18,19,20);1H. The minimum absolute atomic E-state index is 0. The summed E-state index contributed by atoms with van der Waals surface area (Å²) in [5.41, 5.74) is 1.03. The Balaban J connectivity index is 0.00000400. The molecule has 1 atom stereocenters. The predicted octanol–water partition coefficient (Wildman–Crippen LogP) is 3.73. The van der Waals surface area contributed by atoms with Gasteiger partial charge in [-0.2, -0.15) is 0 Å². The molecular weight excluding hydrogens is 380 g/mol. The van der Waals surface area contributed by atoms with Crippen molar-refractivity contribution in [2.45, 2.75) is 46.1 Å². The average Bonchev–Trinajstić information content (AvgIpc) is 2.43. The quantitative estimate of drug-likeness (QED) is 0.313. The highest BCUT2D eigenvalue weighted by Crippen LogP contribution is 2.06. The summed E-state index contributed by atoms with van der Waals surface area (Å²) in [6, 6.07) is 7.18. The Bertz CT molecular complexity index is 424. The zero-order valence-corrected chi connectivity index (χ0v) is 15.5. The molecule has 2 N–H and O–H groups in total. The molecule has 0 amide bonds. The monoisotopic (exact) mass is 407 g/mol.